The van der Waals surface area contributed by atoms with Crippen LogP contribution in [-0.4, -0.2) is 129 Å². The third-order valence-electron chi connectivity index (χ3n) is 11.0. The number of carbonyl (C=O) groups excluding carboxylic acids is 1. The average molecular weight is 1680 g/mol. The second-order valence-electron chi connectivity index (χ2n) is 25.3. The molecule has 2 aliphatic rings. The van der Waals surface area contributed by atoms with E-state index in [4.69, 9.17) is 0 Å². The molecule has 0 bridgehead atoms. The van der Waals surface area contributed by atoms with Crippen LogP contribution in [0.4, 0.5) is 0 Å². The minimum atomic E-state index is -3.57. The van der Waals surface area contributed by atoms with Gasteiger partial charge in [0.15, 0.2) is 0 Å². The molecular weight excluding hydrogens is 1500 g/mol. The first-order valence-electron chi connectivity index (χ1n) is 42.7. The van der Waals surface area contributed by atoms with Crippen LogP contribution in [0.15, 0.2) is 188 Å². The molecule has 1 aromatic carbocycles. The zero-order valence-electron chi connectivity index (χ0n) is 82.7. The van der Waals surface area contributed by atoms with Gasteiger partial charge in [0.05, 0.1) is 24.5 Å². The van der Waals surface area contributed by atoms with Gasteiger partial charge in [-0.3, -0.25) is 37.2 Å². The maximum Gasteiger partial charge on any atom is 0.345 e. The van der Waals surface area contributed by atoms with Gasteiger partial charge in [0.1, 0.15) is 12.7 Å². The number of nitrogens with zero attached hydrogens (tertiary/aromatic N) is 17. The van der Waals surface area contributed by atoms with E-state index < -0.39 is 25.3 Å². The first-order chi connectivity index (χ1) is 54.8. The van der Waals surface area contributed by atoms with Crippen molar-refractivity contribution in [3.8, 4) is 0 Å². The minimum absolute atomic E-state index is 0.0128. The van der Waals surface area contributed by atoms with Gasteiger partial charge in [-0.05, 0) is 157 Å². The molecule has 0 radical (unpaired) electrons. The Morgan fingerprint density at radius 2 is 0.698 bits per heavy atom. The van der Waals surface area contributed by atoms with Gasteiger partial charge in [-0.1, -0.05) is 249 Å². The molecule has 1 fully saturated rings. The molecule has 680 valence electrons. The Labute approximate surface area is 714 Å². The minimum Gasteiger partial charge on any atom is -0.352 e. The Balaban J connectivity index is -0.0000000892. The predicted octanol–water partition coefficient (Wildman–Crippen LogP) is 24.1. The molecule has 24 nitrogen and oxygen atoms in total. The predicted molar refractivity (Wildman–Crippen MR) is 507 cm³/mol. The van der Waals surface area contributed by atoms with Crippen LogP contribution in [0.5, 0.6) is 0 Å². The van der Waals surface area contributed by atoms with Gasteiger partial charge in [0.2, 0.25) is 0 Å². The van der Waals surface area contributed by atoms with Gasteiger partial charge < -0.3 is 4.57 Å². The smallest absolute Gasteiger partial charge is 0.345 e. The molecule has 7 aromatic heterocycles. The molecule has 0 saturated carbocycles. The van der Waals surface area contributed by atoms with E-state index in [9.17, 15) is 31.2 Å². The molecule has 0 aliphatic carbocycles. The number of sulfonamides is 1. The number of hydrogen-bond acceptors (Lipinski definition) is 14. The molecule has 1 saturated heterocycles. The summed E-state index contributed by atoms with van der Waals surface area (Å²) in [4.78, 5) is 42.2. The molecule has 0 N–H and O–H groups in total. The Morgan fingerprint density at radius 3 is 0.836 bits per heavy atom. The van der Waals surface area contributed by atoms with Crippen LogP contribution < -0.4 is 11.4 Å². The van der Waals surface area contributed by atoms with Gasteiger partial charge in [-0.2, -0.15) is 43.0 Å². The summed E-state index contributed by atoms with van der Waals surface area (Å²) in [7, 11) is -1.93. The first kappa shape index (κ1) is 137. The van der Waals surface area contributed by atoms with Gasteiger partial charge in [-0.15, -0.1) is 0 Å². The fraction of sp³-hybridized carbons (Fsp3) is 0.644. The molecule has 26 heteroatoms. The Morgan fingerprint density at radius 1 is 0.336 bits per heavy atom. The largest absolute Gasteiger partial charge is 0.352 e. The second kappa shape index (κ2) is 97.5. The monoisotopic (exact) mass is 1680 g/mol. The highest BCUT2D eigenvalue weighted by atomic mass is 32.2. The molecule has 0 amide bonds. The van der Waals surface area contributed by atoms with Crippen molar-refractivity contribution >= 4 is 25.3 Å². The summed E-state index contributed by atoms with van der Waals surface area (Å²) in [5.41, 5.74) is -0.120. The number of aryl methyl sites for hydroxylation is 2. The van der Waals surface area contributed by atoms with Crippen LogP contribution >= 0.6 is 0 Å². The molecule has 116 heavy (non-hydrogen) atoms. The van der Waals surface area contributed by atoms with E-state index in [-0.39, 0.29) is 42.0 Å². The summed E-state index contributed by atoms with van der Waals surface area (Å²) in [6, 6.07) is 31.1. The third-order valence-corrected chi connectivity index (χ3v) is 14.9. The van der Waals surface area contributed by atoms with Crippen LogP contribution in [0, 0.1) is 17.8 Å². The van der Waals surface area contributed by atoms with E-state index in [0.717, 1.165) is 17.8 Å². The summed E-state index contributed by atoms with van der Waals surface area (Å²) < 4.78 is 58.5. The normalized spacial score (nSPS) is 11.1. The SMILES string of the molecule is CC.CC.CC.CC.CC.CC.CC.CC.CC.CC.CC(C)C.CC(C)C.CC(C)C.CC(C)N1C=CN(C)S1(=O)=O.CC(C)N1CCC(=O)S1(=O)=O.CC(C)n1cccc1.CC(C)n1cccn1.CC(C)n1cnn(C)c1=O.CC(C)n1nccn1.CC(C)n1ncn(C)c1=O.c1ccccc1.c1ccncc1.c1ccncc1. The first-order valence-corrected chi connectivity index (χ1v) is 45.5. The van der Waals surface area contributed by atoms with Crippen molar-refractivity contribution in [3.63, 3.8) is 0 Å². The van der Waals surface area contributed by atoms with Crippen molar-refractivity contribution in [2.24, 2.45) is 31.8 Å². The number of pyridine rings is 2. The standard InChI is InChI=1S/C7H11N.2C6H11N3O.C6H12N2O2S.C6H10N2.C6H11NO3S.C6H6.C5H9N3.2C5H5N.3C4H10.10C2H6/c1-7(2)8-5-3-4-6-8;1-5(2)9-4-7-8(3)6(9)10;1-5(2)9-6(10)8(3)4-7-9;1-6(2)8-5-4-7(3)11(8,9)10;1-6(2)8-5-3-4-7-8;1-5(2)7-4-3-6(8)11(7,9)10;1-2-4-6-5-3-1;1-5(2)8-6-3-4-7-8;2*1-2-4-6-5-3-1;3*1-4(2)3;10*1-2/h3-7H,1-2H3;2*4-5H,1-3H3;4-6H,1-3H3;3-6H,1-2H3;5H,3-4H2,1-2H3;1-6H;3-5H,1-2H3;2*1-5H;3*4H,1-3H3;10*1-2H3. The number of hydrogen-bond donors (Lipinski definition) is 0. The topological polar surface area (TPSA) is 254 Å². The lowest BCUT2D eigenvalue weighted by Crippen LogP contribution is -2.34. The number of rotatable bonds is 7. The maximum absolute atomic E-state index is 11.3. The van der Waals surface area contributed by atoms with Gasteiger partial charge in [-0.25, -0.2) is 27.4 Å². The summed E-state index contributed by atoms with van der Waals surface area (Å²) in [6.45, 7) is 87.4. The van der Waals surface area contributed by atoms with Gasteiger partial charge in [0, 0.05) is 126 Å². The van der Waals surface area contributed by atoms with Crippen LogP contribution in [0.2, 0.25) is 0 Å². The van der Waals surface area contributed by atoms with E-state index >= 15 is 0 Å². The second-order valence-corrected chi connectivity index (χ2v) is 29.1. The molecule has 0 spiro atoms. The Kier molecular flexibility index (Phi) is 115. The molecule has 9 heterocycles. The Hall–Kier alpha value is -8.10. The van der Waals surface area contributed by atoms with Crippen molar-refractivity contribution in [3.05, 3.63) is 199 Å². The van der Waals surface area contributed by atoms with Crippen molar-refractivity contribution < 1.29 is 21.6 Å². The quantitative estimate of drug-likeness (QED) is 0.144. The van der Waals surface area contributed by atoms with E-state index in [1.807, 2.05) is 296 Å². The maximum atomic E-state index is 11.3. The summed E-state index contributed by atoms with van der Waals surface area (Å²) >= 11 is 0. The molecule has 0 unspecified atom stereocenters. The molecule has 8 aromatic rings. The van der Waals surface area contributed by atoms with Crippen LogP contribution in [-0.2, 0) is 39.1 Å². The van der Waals surface area contributed by atoms with Crippen molar-refractivity contribution in [2.75, 3.05) is 13.6 Å². The Bertz CT molecular complexity index is 3120. The molecular formula is C90H181N17O7S2. The van der Waals surface area contributed by atoms with E-state index in [0.29, 0.717) is 24.7 Å². The fourth-order valence-corrected chi connectivity index (χ4v) is 9.04. The van der Waals surface area contributed by atoms with Crippen LogP contribution in [0.3, 0.4) is 0 Å². The average Bonchev–Trinajstić information content (AvgIpc) is 1.67. The lowest BCUT2D eigenvalue weighted by atomic mass is 10.3. The van der Waals surface area contributed by atoms with Crippen molar-refractivity contribution in [1.29, 1.82) is 0 Å². The molecule has 2 aliphatic heterocycles. The zero-order valence-corrected chi connectivity index (χ0v) is 84.3. The summed E-state index contributed by atoms with van der Waals surface area (Å²) in [6.07, 6.45) is 24.6. The highest BCUT2D eigenvalue weighted by Crippen LogP contribution is 2.19. The summed E-state index contributed by atoms with van der Waals surface area (Å²) in [5.74, 6) is 2.50. The van der Waals surface area contributed by atoms with Gasteiger partial charge in [0.25, 0.3) is 15.1 Å². The fourth-order valence-electron chi connectivity index (χ4n) is 6.30. The number of benzene rings is 1. The molecule has 0 atom stereocenters. The lowest BCUT2D eigenvalue weighted by molar-refractivity contribution is -0.111. The van der Waals surface area contributed by atoms with Crippen molar-refractivity contribution in [1.82, 2.24) is 80.9 Å². The highest BCUT2D eigenvalue weighted by Gasteiger charge is 2.38. The van der Waals surface area contributed by atoms with Crippen molar-refractivity contribution in [2.45, 2.75) is 346 Å². The van der Waals surface area contributed by atoms with E-state index in [2.05, 4.69) is 142 Å². The number of aromatic nitrogens is 14. The molecule has 10 rings (SSSR count). The van der Waals surface area contributed by atoms with E-state index in [1.165, 1.54) is 46.4 Å². The van der Waals surface area contributed by atoms with Gasteiger partial charge >= 0.3 is 21.6 Å². The lowest BCUT2D eigenvalue weighted by Gasteiger charge is -2.21. The van der Waals surface area contributed by atoms with E-state index in [1.54, 1.807) is 93.2 Å². The summed E-state index contributed by atoms with van der Waals surface area (Å²) in [5, 5.41) is 18.9. The van der Waals surface area contributed by atoms with Crippen LogP contribution in [0.1, 0.15) is 334 Å². The highest BCUT2D eigenvalue weighted by molar-refractivity contribution is 8.04. The third kappa shape index (κ3) is 82.4. The van der Waals surface area contributed by atoms with Crippen LogP contribution in [0.25, 0.3) is 0 Å². The number of carbonyl (C=O) groups is 1. The zero-order chi connectivity index (χ0) is 94.1.